The van der Waals surface area contributed by atoms with Crippen LogP contribution in [-0.4, -0.2) is 105 Å². The van der Waals surface area contributed by atoms with Crippen molar-refractivity contribution < 1.29 is 55.7 Å². The fraction of sp³-hybridized carbons (Fsp3) is 0.571. The van der Waals surface area contributed by atoms with E-state index >= 15 is 0 Å². The van der Waals surface area contributed by atoms with Crippen LogP contribution in [0.4, 0.5) is 26.3 Å². The number of hydrogen-bond donors (Lipinski definition) is 2. The molecule has 0 unspecified atom stereocenters. The molecular weight excluding hydrogens is 518 g/mol. The van der Waals surface area contributed by atoms with Crippen LogP contribution in [0.25, 0.3) is 0 Å². The molecule has 0 bridgehead atoms. The smallest absolute Gasteiger partial charge is 0.475 e. The van der Waals surface area contributed by atoms with E-state index in [1.807, 2.05) is 29.4 Å². The maximum atomic E-state index is 12.3. The van der Waals surface area contributed by atoms with Crippen LogP contribution in [-0.2, 0) is 25.7 Å². The second kappa shape index (κ2) is 13.2. The highest BCUT2D eigenvalue weighted by Crippen LogP contribution is 2.32. The van der Waals surface area contributed by atoms with Gasteiger partial charge in [-0.05, 0) is 30.5 Å². The number of rotatable bonds is 4. The van der Waals surface area contributed by atoms with Crippen molar-refractivity contribution >= 4 is 23.8 Å². The van der Waals surface area contributed by atoms with Crippen LogP contribution in [0.2, 0.25) is 0 Å². The van der Waals surface area contributed by atoms with Gasteiger partial charge in [-0.3, -0.25) is 19.5 Å². The molecule has 2 aliphatic heterocycles. The molecule has 0 aliphatic carbocycles. The number of alkyl halides is 6. The Kier molecular flexibility index (Phi) is 11.3. The van der Waals surface area contributed by atoms with Gasteiger partial charge in [0.05, 0.1) is 0 Å². The van der Waals surface area contributed by atoms with Crippen molar-refractivity contribution in [1.29, 1.82) is 0 Å². The Labute approximate surface area is 207 Å². The van der Waals surface area contributed by atoms with Crippen LogP contribution in [0.5, 0.6) is 0 Å². The zero-order valence-electron chi connectivity index (χ0n) is 19.8. The summed E-state index contributed by atoms with van der Waals surface area (Å²) in [4.78, 5) is 52.0. The average Bonchev–Trinajstić information content (AvgIpc) is 3.18. The lowest BCUT2D eigenvalue weighted by Gasteiger charge is -2.39. The molecule has 1 aromatic heterocycles. The number of carbonyl (C=O) groups is 4. The number of amides is 2. The first-order chi connectivity index (χ1) is 16.9. The molecule has 16 heteroatoms. The van der Waals surface area contributed by atoms with Gasteiger partial charge in [0.25, 0.3) is 0 Å². The van der Waals surface area contributed by atoms with E-state index < -0.39 is 24.3 Å². The number of aromatic nitrogens is 1. The Hall–Kier alpha value is -3.43. The molecule has 10 nitrogen and oxygen atoms in total. The molecule has 3 heterocycles. The number of carbonyl (C=O) groups excluding carboxylic acids is 2. The highest BCUT2D eigenvalue weighted by atomic mass is 19.4. The van der Waals surface area contributed by atoms with Crippen molar-refractivity contribution in [3.63, 3.8) is 0 Å². The monoisotopic (exact) mass is 544 g/mol. The van der Waals surface area contributed by atoms with Gasteiger partial charge in [0.2, 0.25) is 11.8 Å². The Bertz CT molecular complexity index is 918. The van der Waals surface area contributed by atoms with Crippen molar-refractivity contribution in [1.82, 2.24) is 19.7 Å². The summed E-state index contributed by atoms with van der Waals surface area (Å²) in [6.45, 7) is 2.06. The number of fused-ring (bicyclic) bond motifs is 1. The van der Waals surface area contributed by atoms with Gasteiger partial charge in [0, 0.05) is 58.1 Å². The predicted octanol–water partition coefficient (Wildman–Crippen LogP) is 2.00. The third-order valence-electron chi connectivity index (χ3n) is 5.42. The Balaban J connectivity index is 0.000000404. The van der Waals surface area contributed by atoms with E-state index in [-0.39, 0.29) is 24.4 Å². The van der Waals surface area contributed by atoms with Gasteiger partial charge in [0.1, 0.15) is 6.54 Å². The van der Waals surface area contributed by atoms with Crippen molar-refractivity contribution in [2.24, 2.45) is 0 Å². The molecule has 2 atom stereocenters. The topological polar surface area (TPSA) is 131 Å². The summed E-state index contributed by atoms with van der Waals surface area (Å²) in [5, 5.41) is 14.2. The number of halogens is 6. The van der Waals surface area contributed by atoms with Gasteiger partial charge < -0.3 is 20.0 Å². The minimum atomic E-state index is -5.08. The predicted molar refractivity (Wildman–Crippen MR) is 114 cm³/mol. The zero-order valence-corrected chi connectivity index (χ0v) is 19.8. The number of nitrogens with zero attached hydrogens (tertiary/aromatic N) is 4. The van der Waals surface area contributed by atoms with E-state index in [1.54, 1.807) is 19.0 Å². The maximum absolute atomic E-state index is 12.3. The van der Waals surface area contributed by atoms with Crippen LogP contribution in [0.1, 0.15) is 24.8 Å². The van der Waals surface area contributed by atoms with Gasteiger partial charge in [-0.1, -0.05) is 0 Å². The minimum Gasteiger partial charge on any atom is -0.475 e. The van der Waals surface area contributed by atoms with E-state index in [2.05, 4.69) is 9.88 Å². The summed E-state index contributed by atoms with van der Waals surface area (Å²) >= 11 is 0. The first-order valence-electron chi connectivity index (χ1n) is 10.7. The average molecular weight is 544 g/mol. The first-order valence-corrected chi connectivity index (χ1v) is 10.7. The Morgan fingerprint density at radius 1 is 0.973 bits per heavy atom. The van der Waals surface area contributed by atoms with Gasteiger partial charge >= 0.3 is 24.3 Å². The van der Waals surface area contributed by atoms with Gasteiger partial charge in [0.15, 0.2) is 0 Å². The van der Waals surface area contributed by atoms with Crippen molar-refractivity contribution in [2.75, 3.05) is 27.2 Å². The van der Waals surface area contributed by atoms with Gasteiger partial charge in [-0.2, -0.15) is 26.3 Å². The van der Waals surface area contributed by atoms with Crippen molar-refractivity contribution in [3.8, 4) is 0 Å². The second-order valence-corrected chi connectivity index (χ2v) is 8.20. The molecule has 0 radical (unpaired) electrons. The molecule has 2 aliphatic rings. The molecular formula is C21H26F6N4O6. The third kappa shape index (κ3) is 10.2. The summed E-state index contributed by atoms with van der Waals surface area (Å²) in [6.07, 6.45) is -4.16. The van der Waals surface area contributed by atoms with E-state index in [4.69, 9.17) is 19.8 Å². The van der Waals surface area contributed by atoms with Crippen LogP contribution < -0.4 is 0 Å². The number of pyridine rings is 1. The lowest BCUT2D eigenvalue weighted by molar-refractivity contribution is -0.193. The molecule has 0 spiro atoms. The number of carboxylic acids is 2. The lowest BCUT2D eigenvalue weighted by atomic mass is 9.96. The number of carboxylic acid groups (broad SMARTS) is 2. The number of likely N-dealkylation sites (tertiary alicyclic amines) is 2. The number of hydrogen-bond acceptors (Lipinski definition) is 6. The summed E-state index contributed by atoms with van der Waals surface area (Å²) in [7, 11) is 3.47. The number of piperidine rings is 1. The number of likely N-dealkylation sites (N-methyl/N-ethyl adjacent to an activating group) is 1. The number of aliphatic carboxylic acids is 2. The fourth-order valence-corrected chi connectivity index (χ4v) is 3.65. The van der Waals surface area contributed by atoms with Gasteiger partial charge in [-0.15, -0.1) is 0 Å². The highest BCUT2D eigenvalue weighted by Gasteiger charge is 2.43. The van der Waals surface area contributed by atoms with Gasteiger partial charge in [-0.25, -0.2) is 9.59 Å². The third-order valence-corrected chi connectivity index (χ3v) is 5.42. The molecule has 2 N–H and O–H groups in total. The van der Waals surface area contributed by atoms with E-state index in [0.717, 1.165) is 25.9 Å². The largest absolute Gasteiger partial charge is 0.490 e. The summed E-state index contributed by atoms with van der Waals surface area (Å²) in [5.74, 6) is -5.40. The summed E-state index contributed by atoms with van der Waals surface area (Å²) in [6, 6.07) is 4.60. The second-order valence-electron chi connectivity index (χ2n) is 8.20. The van der Waals surface area contributed by atoms with Crippen molar-refractivity contribution in [2.45, 2.75) is 50.2 Å². The van der Waals surface area contributed by atoms with Crippen LogP contribution in [0, 0.1) is 0 Å². The normalized spacial score (nSPS) is 19.6. The molecule has 2 saturated heterocycles. The molecule has 1 aromatic rings. The Morgan fingerprint density at radius 3 is 1.89 bits per heavy atom. The van der Waals surface area contributed by atoms with Crippen LogP contribution >= 0.6 is 0 Å². The molecule has 37 heavy (non-hydrogen) atoms. The van der Waals surface area contributed by atoms with E-state index in [1.165, 1.54) is 5.56 Å². The molecule has 208 valence electrons. The zero-order chi connectivity index (χ0) is 28.6. The SMILES string of the molecule is CN(C)C(=O)CN1C(=O)CC[C@@H]2[C@H]1CCN2Cc1ccncc1.O=C(O)C(F)(F)F.O=C(O)C(F)(F)F. The lowest BCUT2D eigenvalue weighted by Crippen LogP contribution is -2.54. The van der Waals surface area contributed by atoms with E-state index in [9.17, 15) is 35.9 Å². The van der Waals surface area contributed by atoms with E-state index in [0.29, 0.717) is 12.5 Å². The maximum Gasteiger partial charge on any atom is 0.490 e. The quantitative estimate of drug-likeness (QED) is 0.551. The van der Waals surface area contributed by atoms with Crippen LogP contribution in [0.15, 0.2) is 24.5 Å². The van der Waals surface area contributed by atoms with Crippen LogP contribution in [0.3, 0.4) is 0 Å². The Morgan fingerprint density at radius 2 is 1.46 bits per heavy atom. The summed E-state index contributed by atoms with van der Waals surface area (Å²) in [5.41, 5.74) is 1.24. The molecule has 3 rings (SSSR count). The molecule has 0 aromatic carbocycles. The summed E-state index contributed by atoms with van der Waals surface area (Å²) < 4.78 is 63.5. The van der Waals surface area contributed by atoms with Crippen molar-refractivity contribution in [3.05, 3.63) is 30.1 Å². The molecule has 2 amide bonds. The molecule has 0 saturated carbocycles. The fourth-order valence-electron chi connectivity index (χ4n) is 3.65. The minimum absolute atomic E-state index is 0.00779. The highest BCUT2D eigenvalue weighted by molar-refractivity contribution is 5.85. The standard InChI is InChI=1S/C17H24N4O2.2C2HF3O2/c1-19(2)17(23)12-21-15-7-10-20(14(15)3-4-16(21)22)11-13-5-8-18-9-6-13;2*3-2(4,5)1(6)7/h5-6,8-9,14-15H,3-4,7,10-12H2,1-2H3;2*(H,6,7)/t14-,15-;;/m1../s1. The first kappa shape index (κ1) is 31.6. The molecule has 2 fully saturated rings.